The Morgan fingerprint density at radius 2 is 1.55 bits per heavy atom. The number of unbranched alkanes of at least 4 members (excludes halogenated alkanes) is 1. The first-order valence-corrected chi connectivity index (χ1v) is 13.8. The molecule has 0 fully saturated rings. The number of nitrogens with one attached hydrogen (secondary N) is 2. The quantitative estimate of drug-likeness (QED) is 0.227. The Bertz CT molecular complexity index is 1340. The van der Waals surface area contributed by atoms with Crippen molar-refractivity contribution in [2.45, 2.75) is 38.5 Å². The predicted octanol–water partition coefficient (Wildman–Crippen LogP) is 5.17. The van der Waals surface area contributed by atoms with Crippen molar-refractivity contribution in [3.05, 3.63) is 77.9 Å². The van der Waals surface area contributed by atoms with Crippen LogP contribution < -0.4 is 19.5 Å². The molecule has 38 heavy (non-hydrogen) atoms. The highest BCUT2D eigenvalue weighted by Gasteiger charge is 2.16. The number of esters is 1. The molecule has 0 aliphatic carbocycles. The van der Waals surface area contributed by atoms with E-state index >= 15 is 0 Å². The Morgan fingerprint density at radius 1 is 0.868 bits per heavy atom. The number of sulfonamides is 1. The van der Waals surface area contributed by atoms with Crippen molar-refractivity contribution < 1.29 is 32.2 Å². The molecule has 0 spiro atoms. The topological polar surface area (TPSA) is 120 Å². The molecule has 9 nitrogen and oxygen atoms in total. The minimum atomic E-state index is -3.82. The lowest BCUT2D eigenvalue weighted by atomic mass is 10.2. The molecule has 3 rings (SSSR count). The van der Waals surface area contributed by atoms with E-state index in [2.05, 4.69) is 10.0 Å². The summed E-state index contributed by atoms with van der Waals surface area (Å²) < 4.78 is 44.3. The molecule has 3 aromatic rings. The Labute approximate surface area is 223 Å². The summed E-state index contributed by atoms with van der Waals surface area (Å²) in [6, 6.07) is 17.4. The van der Waals surface area contributed by atoms with Crippen LogP contribution >= 0.6 is 0 Å². The molecule has 0 unspecified atom stereocenters. The van der Waals surface area contributed by atoms with E-state index in [9.17, 15) is 18.0 Å². The minimum Gasteiger partial charge on any atom is -0.494 e. The van der Waals surface area contributed by atoms with Crippen LogP contribution in [0.5, 0.6) is 11.5 Å². The van der Waals surface area contributed by atoms with E-state index < -0.39 is 21.9 Å². The first-order valence-electron chi connectivity index (χ1n) is 12.3. The average Bonchev–Trinajstić information content (AvgIpc) is 2.89. The van der Waals surface area contributed by atoms with Crippen LogP contribution in [0.25, 0.3) is 0 Å². The highest BCUT2D eigenvalue weighted by atomic mass is 32.2. The number of ether oxygens (including phenoxy) is 3. The maximum absolute atomic E-state index is 12.8. The number of carbonyl (C=O) groups excluding carboxylic acids is 2. The Kier molecular flexibility index (Phi) is 10.1. The minimum absolute atomic E-state index is 0.0639. The summed E-state index contributed by atoms with van der Waals surface area (Å²) in [5, 5.41) is 2.69. The standard InChI is InChI=1S/C28H32N2O7S/c1-4-6-17-36-28(32)21-7-9-22(10-8-21)29-27(31)19-37-26-16-15-25(18-20(26)3)38(33,34)30-23-11-13-24(14-12-23)35-5-2/h7-16,18,30H,4-6,17,19H2,1-3H3,(H,29,31). The molecule has 0 aliphatic heterocycles. The lowest BCUT2D eigenvalue weighted by Gasteiger charge is -2.13. The summed E-state index contributed by atoms with van der Waals surface area (Å²) in [5.41, 5.74) is 1.86. The zero-order valence-corrected chi connectivity index (χ0v) is 22.5. The molecule has 3 aromatic carbocycles. The number of amides is 1. The fraction of sp³-hybridized carbons (Fsp3) is 0.286. The van der Waals surface area contributed by atoms with Gasteiger partial charge in [-0.3, -0.25) is 9.52 Å². The molecule has 0 aromatic heterocycles. The lowest BCUT2D eigenvalue weighted by Crippen LogP contribution is -2.20. The maximum Gasteiger partial charge on any atom is 0.338 e. The average molecular weight is 541 g/mol. The monoisotopic (exact) mass is 540 g/mol. The van der Waals surface area contributed by atoms with Crippen LogP contribution in [0, 0.1) is 6.92 Å². The van der Waals surface area contributed by atoms with Crippen molar-refractivity contribution >= 4 is 33.3 Å². The molecule has 1 amide bonds. The van der Waals surface area contributed by atoms with Gasteiger partial charge in [0.05, 0.1) is 23.7 Å². The smallest absolute Gasteiger partial charge is 0.338 e. The fourth-order valence-corrected chi connectivity index (χ4v) is 4.52. The van der Waals surface area contributed by atoms with Crippen molar-refractivity contribution in [2.75, 3.05) is 29.9 Å². The first kappa shape index (κ1) is 28.5. The van der Waals surface area contributed by atoms with Gasteiger partial charge in [-0.2, -0.15) is 0 Å². The highest BCUT2D eigenvalue weighted by Crippen LogP contribution is 2.24. The number of carbonyl (C=O) groups is 2. The van der Waals surface area contributed by atoms with E-state index in [1.54, 1.807) is 55.5 Å². The van der Waals surface area contributed by atoms with Gasteiger partial charge in [0, 0.05) is 11.4 Å². The number of aryl methyl sites for hydroxylation is 1. The highest BCUT2D eigenvalue weighted by molar-refractivity contribution is 7.92. The summed E-state index contributed by atoms with van der Waals surface area (Å²) in [5.74, 6) is 0.216. The maximum atomic E-state index is 12.8. The molecule has 202 valence electrons. The number of rotatable bonds is 13. The molecular weight excluding hydrogens is 508 g/mol. The second-order valence-electron chi connectivity index (χ2n) is 8.39. The van der Waals surface area contributed by atoms with Crippen LogP contribution in [-0.4, -0.2) is 40.1 Å². The SMILES string of the molecule is CCCCOC(=O)c1ccc(NC(=O)COc2ccc(S(=O)(=O)Nc3ccc(OCC)cc3)cc2C)cc1. The Morgan fingerprint density at radius 3 is 2.18 bits per heavy atom. The normalized spacial score (nSPS) is 10.9. The summed E-state index contributed by atoms with van der Waals surface area (Å²) >= 11 is 0. The third kappa shape index (κ3) is 8.24. The predicted molar refractivity (Wildman–Crippen MR) is 145 cm³/mol. The van der Waals surface area contributed by atoms with E-state index in [0.29, 0.717) is 47.2 Å². The van der Waals surface area contributed by atoms with E-state index in [4.69, 9.17) is 14.2 Å². The van der Waals surface area contributed by atoms with E-state index in [1.165, 1.54) is 18.2 Å². The Hall–Kier alpha value is -4.05. The van der Waals surface area contributed by atoms with Gasteiger partial charge < -0.3 is 19.5 Å². The third-order valence-corrected chi connectivity index (χ3v) is 6.75. The second-order valence-corrected chi connectivity index (χ2v) is 10.1. The van der Waals surface area contributed by atoms with Gasteiger partial charge in [0.15, 0.2) is 6.61 Å². The lowest BCUT2D eigenvalue weighted by molar-refractivity contribution is -0.118. The summed E-state index contributed by atoms with van der Waals surface area (Å²) in [6.07, 6.45) is 1.74. The van der Waals surface area contributed by atoms with Crippen molar-refractivity contribution in [3.8, 4) is 11.5 Å². The van der Waals surface area contributed by atoms with Crippen molar-refractivity contribution in [1.29, 1.82) is 0 Å². The summed E-state index contributed by atoms with van der Waals surface area (Å²) in [6.45, 7) is 6.19. The Balaban J connectivity index is 1.54. The largest absolute Gasteiger partial charge is 0.494 e. The molecule has 0 bridgehead atoms. The van der Waals surface area contributed by atoms with Gasteiger partial charge in [-0.1, -0.05) is 13.3 Å². The zero-order chi connectivity index (χ0) is 27.5. The molecule has 0 aliphatic rings. The molecular formula is C28H32N2O7S. The van der Waals surface area contributed by atoms with Gasteiger partial charge in [0.2, 0.25) is 0 Å². The van der Waals surface area contributed by atoms with Crippen LogP contribution in [0.1, 0.15) is 42.6 Å². The van der Waals surface area contributed by atoms with Crippen LogP contribution in [0.2, 0.25) is 0 Å². The van der Waals surface area contributed by atoms with Crippen LogP contribution in [0.4, 0.5) is 11.4 Å². The molecule has 0 saturated carbocycles. The molecule has 10 heteroatoms. The van der Waals surface area contributed by atoms with Crippen LogP contribution in [0.3, 0.4) is 0 Å². The molecule has 2 N–H and O–H groups in total. The van der Waals surface area contributed by atoms with Gasteiger partial charge in [-0.15, -0.1) is 0 Å². The van der Waals surface area contributed by atoms with Gasteiger partial charge >= 0.3 is 5.97 Å². The number of hydrogen-bond acceptors (Lipinski definition) is 7. The fourth-order valence-electron chi connectivity index (χ4n) is 3.37. The number of anilines is 2. The van der Waals surface area contributed by atoms with Crippen molar-refractivity contribution in [3.63, 3.8) is 0 Å². The van der Waals surface area contributed by atoms with Gasteiger partial charge in [0.1, 0.15) is 11.5 Å². The summed E-state index contributed by atoms with van der Waals surface area (Å²) in [4.78, 5) is 24.4. The molecule has 0 radical (unpaired) electrons. The van der Waals surface area contributed by atoms with E-state index in [1.807, 2.05) is 13.8 Å². The number of benzene rings is 3. The second kappa shape index (κ2) is 13.5. The number of hydrogen-bond donors (Lipinski definition) is 2. The van der Waals surface area contributed by atoms with Gasteiger partial charge in [-0.25, -0.2) is 13.2 Å². The van der Waals surface area contributed by atoms with E-state index in [-0.39, 0.29) is 11.5 Å². The van der Waals surface area contributed by atoms with Gasteiger partial charge in [0.25, 0.3) is 15.9 Å². The summed E-state index contributed by atoms with van der Waals surface area (Å²) in [7, 11) is -3.82. The van der Waals surface area contributed by atoms with Gasteiger partial charge in [-0.05, 0) is 92.6 Å². The van der Waals surface area contributed by atoms with Crippen LogP contribution in [0.15, 0.2) is 71.6 Å². The van der Waals surface area contributed by atoms with Crippen molar-refractivity contribution in [1.82, 2.24) is 0 Å². The first-order chi connectivity index (χ1) is 18.2. The van der Waals surface area contributed by atoms with Crippen molar-refractivity contribution in [2.24, 2.45) is 0 Å². The zero-order valence-electron chi connectivity index (χ0n) is 21.7. The molecule has 0 atom stereocenters. The molecule has 0 heterocycles. The van der Waals surface area contributed by atoms with Crippen LogP contribution in [-0.2, 0) is 19.6 Å². The third-order valence-electron chi connectivity index (χ3n) is 5.37. The molecule has 0 saturated heterocycles. The van der Waals surface area contributed by atoms with E-state index in [0.717, 1.165) is 12.8 Å².